The van der Waals surface area contributed by atoms with Crippen molar-refractivity contribution >= 4 is 28.3 Å². The molecule has 0 bridgehead atoms. The van der Waals surface area contributed by atoms with Crippen LogP contribution in [0.4, 0.5) is 18.3 Å². The Bertz CT molecular complexity index is 783. The van der Waals surface area contributed by atoms with Crippen molar-refractivity contribution in [2.75, 3.05) is 5.73 Å². The molecule has 1 aliphatic carbocycles. The summed E-state index contributed by atoms with van der Waals surface area (Å²) in [5.74, 6) is -2.66. The normalized spacial score (nSPS) is 13.4. The lowest BCUT2D eigenvalue weighted by Crippen LogP contribution is -2.35. The third-order valence-corrected chi connectivity index (χ3v) is 4.56. The van der Waals surface area contributed by atoms with Gasteiger partial charge in [-0.25, -0.2) is 9.78 Å². The van der Waals surface area contributed by atoms with E-state index in [0.29, 0.717) is 18.0 Å². The van der Waals surface area contributed by atoms with E-state index in [9.17, 15) is 18.0 Å². The van der Waals surface area contributed by atoms with Gasteiger partial charge in [0, 0.05) is 17.8 Å². The van der Waals surface area contributed by atoms with Gasteiger partial charge in [-0.2, -0.15) is 13.2 Å². The van der Waals surface area contributed by atoms with Gasteiger partial charge in [0.05, 0.1) is 5.69 Å². The molecule has 0 aliphatic heterocycles. The summed E-state index contributed by atoms with van der Waals surface area (Å²) < 4.78 is 31.7. The molecule has 0 saturated heterocycles. The number of fused-ring (bicyclic) bond motifs is 1. The molecule has 2 aromatic rings. The summed E-state index contributed by atoms with van der Waals surface area (Å²) in [6.45, 7) is 0. The van der Waals surface area contributed by atoms with E-state index < -0.39 is 12.1 Å². The van der Waals surface area contributed by atoms with Gasteiger partial charge >= 0.3 is 12.1 Å². The number of carbonyl (C=O) groups excluding carboxylic acids is 1. The lowest BCUT2D eigenvalue weighted by atomic mass is 10.1. The fourth-order valence-electron chi connectivity index (χ4n) is 2.64. The van der Waals surface area contributed by atoms with Crippen LogP contribution in [0.15, 0.2) is 29.6 Å². The van der Waals surface area contributed by atoms with Gasteiger partial charge in [0.25, 0.3) is 0 Å². The first kappa shape index (κ1) is 20.7. The summed E-state index contributed by atoms with van der Waals surface area (Å²) in [7, 11) is 0. The predicted molar refractivity (Wildman–Crippen MR) is 94.3 cm³/mol. The van der Waals surface area contributed by atoms with E-state index in [4.69, 9.17) is 15.6 Å². The molecule has 27 heavy (non-hydrogen) atoms. The number of carbonyl (C=O) groups is 2. The maximum absolute atomic E-state index is 12.0. The molecule has 1 amide bonds. The molecule has 1 aromatic carbocycles. The van der Waals surface area contributed by atoms with Crippen molar-refractivity contribution in [2.45, 2.75) is 37.9 Å². The molecule has 1 aromatic heterocycles. The Kier molecular flexibility index (Phi) is 6.78. The number of aryl methyl sites for hydroxylation is 1. The standard InChI is InChI=1S/C15H17N3OS.C2HF3O2/c16-15-18-12(9-20-15)5-6-14(19)17-13-7-10-3-1-2-4-11(10)8-13;3-2(4,5)1(6)7/h1-4,9,13H,5-8H2,(H2,16,18)(H,17,19);(H,6,7). The van der Waals surface area contributed by atoms with Gasteiger partial charge in [0.15, 0.2) is 5.13 Å². The molecule has 0 atom stereocenters. The third kappa shape index (κ3) is 6.55. The number of carboxylic acid groups (broad SMARTS) is 1. The molecular formula is C17H18F3N3O3S. The average molecular weight is 401 g/mol. The van der Waals surface area contributed by atoms with E-state index in [1.165, 1.54) is 22.5 Å². The van der Waals surface area contributed by atoms with E-state index in [1.54, 1.807) is 0 Å². The number of thiazole rings is 1. The molecule has 3 rings (SSSR count). The number of aromatic nitrogens is 1. The quantitative estimate of drug-likeness (QED) is 0.730. The zero-order valence-electron chi connectivity index (χ0n) is 14.1. The SMILES string of the molecule is Nc1nc(CCC(=O)NC2Cc3ccccc3C2)cs1.O=C(O)C(F)(F)F. The van der Waals surface area contributed by atoms with Gasteiger partial charge < -0.3 is 16.2 Å². The smallest absolute Gasteiger partial charge is 0.475 e. The maximum Gasteiger partial charge on any atom is 0.490 e. The highest BCUT2D eigenvalue weighted by atomic mass is 32.1. The molecular weight excluding hydrogens is 383 g/mol. The molecule has 1 heterocycles. The van der Waals surface area contributed by atoms with Gasteiger partial charge in [-0.15, -0.1) is 11.3 Å². The van der Waals surface area contributed by atoms with Crippen molar-refractivity contribution in [1.29, 1.82) is 0 Å². The van der Waals surface area contributed by atoms with Crippen molar-refractivity contribution < 1.29 is 27.9 Å². The Hall–Kier alpha value is -2.62. The van der Waals surface area contributed by atoms with Crippen LogP contribution in [0.25, 0.3) is 0 Å². The number of carboxylic acids is 1. The second kappa shape index (κ2) is 8.85. The first-order chi connectivity index (χ1) is 12.6. The fraction of sp³-hybridized carbons (Fsp3) is 0.353. The second-order valence-electron chi connectivity index (χ2n) is 5.92. The predicted octanol–water partition coefficient (Wildman–Crippen LogP) is 2.57. The summed E-state index contributed by atoms with van der Waals surface area (Å²) in [6, 6.07) is 8.62. The zero-order valence-corrected chi connectivity index (χ0v) is 14.9. The minimum atomic E-state index is -5.08. The maximum atomic E-state index is 12.0. The molecule has 10 heteroatoms. The topological polar surface area (TPSA) is 105 Å². The lowest BCUT2D eigenvalue weighted by molar-refractivity contribution is -0.192. The third-order valence-electron chi connectivity index (χ3n) is 3.84. The second-order valence-corrected chi connectivity index (χ2v) is 6.81. The Morgan fingerprint density at radius 3 is 2.26 bits per heavy atom. The number of nitrogen functional groups attached to an aromatic ring is 1. The van der Waals surface area contributed by atoms with Crippen LogP contribution >= 0.6 is 11.3 Å². The monoisotopic (exact) mass is 401 g/mol. The van der Waals surface area contributed by atoms with E-state index in [-0.39, 0.29) is 11.9 Å². The highest BCUT2D eigenvalue weighted by Gasteiger charge is 2.38. The number of nitrogens with zero attached hydrogens (tertiary/aromatic N) is 1. The minimum absolute atomic E-state index is 0.0920. The summed E-state index contributed by atoms with van der Waals surface area (Å²) in [5.41, 5.74) is 9.18. The van der Waals surface area contributed by atoms with Crippen molar-refractivity contribution in [2.24, 2.45) is 0 Å². The molecule has 6 nitrogen and oxygen atoms in total. The summed E-state index contributed by atoms with van der Waals surface area (Å²) in [5, 5.41) is 12.7. The van der Waals surface area contributed by atoms with Crippen LogP contribution in [0.3, 0.4) is 0 Å². The molecule has 0 saturated carbocycles. The van der Waals surface area contributed by atoms with Crippen LogP contribution in [0.5, 0.6) is 0 Å². The lowest BCUT2D eigenvalue weighted by Gasteiger charge is -2.11. The number of amides is 1. The van der Waals surface area contributed by atoms with Crippen LogP contribution in [0.2, 0.25) is 0 Å². The van der Waals surface area contributed by atoms with E-state index >= 15 is 0 Å². The Morgan fingerprint density at radius 2 is 1.81 bits per heavy atom. The number of benzene rings is 1. The van der Waals surface area contributed by atoms with Gasteiger partial charge in [-0.1, -0.05) is 24.3 Å². The minimum Gasteiger partial charge on any atom is -0.475 e. The highest BCUT2D eigenvalue weighted by Crippen LogP contribution is 2.21. The first-order valence-corrected chi connectivity index (χ1v) is 8.89. The number of rotatable bonds is 4. The van der Waals surface area contributed by atoms with Crippen molar-refractivity contribution in [1.82, 2.24) is 10.3 Å². The number of nitrogens with two attached hydrogens (primary N) is 1. The molecule has 1 aliphatic rings. The van der Waals surface area contributed by atoms with Crippen LogP contribution in [-0.2, 0) is 28.9 Å². The number of alkyl halides is 3. The van der Waals surface area contributed by atoms with E-state index in [1.807, 2.05) is 5.38 Å². The molecule has 0 fully saturated rings. The van der Waals surface area contributed by atoms with Crippen LogP contribution in [0, 0.1) is 0 Å². The van der Waals surface area contributed by atoms with E-state index in [2.05, 4.69) is 34.6 Å². The largest absolute Gasteiger partial charge is 0.490 e. The molecule has 0 unspecified atom stereocenters. The number of aliphatic carboxylic acids is 1. The number of hydrogen-bond acceptors (Lipinski definition) is 5. The molecule has 4 N–H and O–H groups in total. The molecule has 146 valence electrons. The van der Waals surface area contributed by atoms with Gasteiger partial charge in [-0.05, 0) is 30.4 Å². The zero-order chi connectivity index (χ0) is 20.0. The fourth-order valence-corrected chi connectivity index (χ4v) is 3.24. The van der Waals surface area contributed by atoms with Crippen LogP contribution in [-0.4, -0.2) is 34.2 Å². The van der Waals surface area contributed by atoms with Gasteiger partial charge in [0.2, 0.25) is 5.91 Å². The highest BCUT2D eigenvalue weighted by molar-refractivity contribution is 7.13. The number of nitrogens with one attached hydrogen (secondary N) is 1. The Morgan fingerprint density at radius 1 is 1.26 bits per heavy atom. The number of halogens is 3. The number of hydrogen-bond donors (Lipinski definition) is 3. The molecule has 0 spiro atoms. The van der Waals surface area contributed by atoms with Crippen molar-refractivity contribution in [3.05, 3.63) is 46.5 Å². The Balaban J connectivity index is 0.000000321. The van der Waals surface area contributed by atoms with Gasteiger partial charge in [-0.3, -0.25) is 4.79 Å². The van der Waals surface area contributed by atoms with Crippen LogP contribution in [0.1, 0.15) is 23.2 Å². The van der Waals surface area contributed by atoms with E-state index in [0.717, 1.165) is 18.5 Å². The number of anilines is 1. The first-order valence-electron chi connectivity index (χ1n) is 8.01. The molecule has 0 radical (unpaired) electrons. The summed E-state index contributed by atoms with van der Waals surface area (Å²) in [4.78, 5) is 25.0. The van der Waals surface area contributed by atoms with Crippen molar-refractivity contribution in [3.63, 3.8) is 0 Å². The summed E-state index contributed by atoms with van der Waals surface area (Å²) >= 11 is 1.42. The van der Waals surface area contributed by atoms with Gasteiger partial charge in [0.1, 0.15) is 0 Å². The van der Waals surface area contributed by atoms with Crippen LogP contribution < -0.4 is 11.1 Å². The van der Waals surface area contributed by atoms with Crippen molar-refractivity contribution in [3.8, 4) is 0 Å². The summed E-state index contributed by atoms with van der Waals surface area (Å²) in [6.07, 6.45) is -2.09. The Labute approximate surface area is 157 Å². The average Bonchev–Trinajstić information content (AvgIpc) is 3.17.